The van der Waals surface area contributed by atoms with Crippen molar-refractivity contribution in [2.45, 2.75) is 77.7 Å². The summed E-state index contributed by atoms with van der Waals surface area (Å²) in [5.74, 6) is 1.38. The molecule has 48 heavy (non-hydrogen) atoms. The monoisotopic (exact) mass is 632 g/mol. The molecular weight excluding hydrogens is 588 g/mol. The van der Waals surface area contributed by atoms with E-state index in [2.05, 4.69) is 177 Å². The summed E-state index contributed by atoms with van der Waals surface area (Å²) in [7, 11) is 0. The molecule has 0 atom stereocenters. The van der Waals surface area contributed by atoms with Gasteiger partial charge in [-0.2, -0.15) is 0 Å². The Morgan fingerprint density at radius 2 is 0.646 bits per heavy atom. The molecule has 0 saturated heterocycles. The van der Waals surface area contributed by atoms with Gasteiger partial charge in [0.05, 0.1) is 11.1 Å². The summed E-state index contributed by atoms with van der Waals surface area (Å²) < 4.78 is 12.8. The lowest BCUT2D eigenvalue weighted by Gasteiger charge is -2.30. The van der Waals surface area contributed by atoms with Gasteiger partial charge in [0, 0.05) is 11.1 Å². The SMILES string of the molecule is CC1(C)N=C(c2cccc(-c3cc(-c4ccc(-c5ccccc5)cc4)cc(-c4cccc(C5=NC(C)(C)C(C)(C)O5)c4)c3)c2)OC1(C)C. The molecule has 0 aliphatic carbocycles. The van der Waals surface area contributed by atoms with Gasteiger partial charge >= 0.3 is 0 Å². The van der Waals surface area contributed by atoms with Crippen LogP contribution in [0.3, 0.4) is 0 Å². The minimum Gasteiger partial charge on any atom is -0.469 e. The number of hydrogen-bond donors (Lipinski definition) is 0. The molecule has 0 saturated carbocycles. The lowest BCUT2D eigenvalue weighted by Crippen LogP contribution is -2.41. The van der Waals surface area contributed by atoms with Crippen LogP contribution in [-0.4, -0.2) is 34.1 Å². The van der Waals surface area contributed by atoms with Gasteiger partial charge in [-0.25, -0.2) is 9.98 Å². The number of benzene rings is 5. The summed E-state index contributed by atoms with van der Waals surface area (Å²) in [6.45, 7) is 16.9. The van der Waals surface area contributed by atoms with Gasteiger partial charge in [-0.05, 0) is 142 Å². The van der Waals surface area contributed by atoms with E-state index in [9.17, 15) is 0 Å². The number of rotatable bonds is 6. The average molecular weight is 633 g/mol. The number of ether oxygens (including phenoxy) is 2. The van der Waals surface area contributed by atoms with Gasteiger partial charge in [-0.3, -0.25) is 0 Å². The summed E-state index contributed by atoms with van der Waals surface area (Å²) in [4.78, 5) is 9.96. The van der Waals surface area contributed by atoms with Crippen molar-refractivity contribution in [2.24, 2.45) is 9.98 Å². The molecule has 0 radical (unpaired) electrons. The number of hydrogen-bond acceptors (Lipinski definition) is 4. The quantitative estimate of drug-likeness (QED) is 0.187. The summed E-state index contributed by atoms with van der Waals surface area (Å²) in [5, 5.41) is 0. The maximum Gasteiger partial charge on any atom is 0.217 e. The van der Waals surface area contributed by atoms with Crippen molar-refractivity contribution in [3.05, 3.63) is 132 Å². The minimum absolute atomic E-state index is 0.319. The zero-order valence-corrected chi connectivity index (χ0v) is 29.3. The van der Waals surface area contributed by atoms with Crippen LogP contribution in [-0.2, 0) is 9.47 Å². The van der Waals surface area contributed by atoms with E-state index in [0.717, 1.165) is 44.5 Å². The van der Waals surface area contributed by atoms with Gasteiger partial charge in [-0.1, -0.05) is 78.9 Å². The van der Waals surface area contributed by atoms with Crippen molar-refractivity contribution in [1.29, 1.82) is 0 Å². The van der Waals surface area contributed by atoms with E-state index < -0.39 is 0 Å². The van der Waals surface area contributed by atoms with Crippen LogP contribution in [0.1, 0.15) is 66.5 Å². The molecule has 4 nitrogen and oxygen atoms in total. The van der Waals surface area contributed by atoms with E-state index in [1.165, 1.54) is 11.1 Å². The van der Waals surface area contributed by atoms with Gasteiger partial charge in [0.25, 0.3) is 0 Å². The molecule has 7 rings (SSSR count). The maximum absolute atomic E-state index is 6.39. The van der Waals surface area contributed by atoms with Crippen molar-refractivity contribution in [2.75, 3.05) is 0 Å². The van der Waals surface area contributed by atoms with Crippen LogP contribution in [0.4, 0.5) is 0 Å². The summed E-state index contributed by atoms with van der Waals surface area (Å²) in [5.41, 5.74) is 9.70. The second kappa shape index (κ2) is 11.3. The third-order valence-electron chi connectivity index (χ3n) is 10.6. The van der Waals surface area contributed by atoms with Gasteiger partial charge in [0.2, 0.25) is 11.8 Å². The van der Waals surface area contributed by atoms with E-state index in [-0.39, 0.29) is 22.3 Å². The topological polar surface area (TPSA) is 43.2 Å². The first-order valence-electron chi connectivity index (χ1n) is 16.8. The van der Waals surface area contributed by atoms with Crippen LogP contribution in [0.15, 0.2) is 131 Å². The molecule has 4 heteroatoms. The summed E-state index contributed by atoms with van der Waals surface area (Å²) >= 11 is 0. The molecule has 2 heterocycles. The molecule has 0 aromatic heterocycles. The molecule has 0 amide bonds. The van der Waals surface area contributed by atoms with Crippen molar-refractivity contribution < 1.29 is 9.47 Å². The van der Waals surface area contributed by atoms with E-state index in [1.54, 1.807) is 0 Å². The van der Waals surface area contributed by atoms with E-state index in [4.69, 9.17) is 19.5 Å². The van der Waals surface area contributed by atoms with Gasteiger partial charge < -0.3 is 9.47 Å². The lowest BCUT2D eigenvalue weighted by molar-refractivity contribution is 0.0618. The van der Waals surface area contributed by atoms with Crippen molar-refractivity contribution >= 4 is 11.8 Å². The third kappa shape index (κ3) is 5.74. The van der Waals surface area contributed by atoms with E-state index in [1.807, 2.05) is 0 Å². The molecule has 2 aliphatic heterocycles. The molecule has 0 fully saturated rings. The average Bonchev–Trinajstić information content (AvgIpc) is 3.44. The van der Waals surface area contributed by atoms with E-state index in [0.29, 0.717) is 11.8 Å². The van der Waals surface area contributed by atoms with Gasteiger partial charge in [-0.15, -0.1) is 0 Å². The molecule has 0 unspecified atom stereocenters. The molecule has 242 valence electrons. The Balaban J connectivity index is 1.32. The highest BCUT2D eigenvalue weighted by atomic mass is 16.5. The number of nitrogens with zero attached hydrogens (tertiary/aromatic N) is 2. The zero-order valence-electron chi connectivity index (χ0n) is 29.3. The predicted octanol–water partition coefficient (Wildman–Crippen LogP) is 11.0. The van der Waals surface area contributed by atoms with Crippen LogP contribution >= 0.6 is 0 Å². The lowest BCUT2D eigenvalue weighted by atomic mass is 9.87. The Hall–Kier alpha value is -4.96. The van der Waals surface area contributed by atoms with Gasteiger partial charge in [0.15, 0.2) is 0 Å². The number of aliphatic imine (C=N–C) groups is 2. The van der Waals surface area contributed by atoms with Crippen LogP contribution in [0.25, 0.3) is 44.5 Å². The molecule has 2 aliphatic rings. The Bertz CT molecular complexity index is 1960. The van der Waals surface area contributed by atoms with Crippen LogP contribution in [0, 0.1) is 0 Å². The highest BCUT2D eigenvalue weighted by Crippen LogP contribution is 2.40. The first kappa shape index (κ1) is 31.6. The normalized spacial score (nSPS) is 18.4. The van der Waals surface area contributed by atoms with Crippen molar-refractivity contribution in [3.63, 3.8) is 0 Å². The van der Waals surface area contributed by atoms with Crippen LogP contribution in [0.5, 0.6) is 0 Å². The fraction of sp³-hybridized carbons (Fsp3) is 0.273. The Morgan fingerprint density at radius 1 is 0.333 bits per heavy atom. The van der Waals surface area contributed by atoms with Crippen LogP contribution < -0.4 is 0 Å². The second-order valence-electron chi connectivity index (χ2n) is 15.1. The molecular formula is C44H44N2O2. The summed E-state index contributed by atoms with van der Waals surface area (Å²) in [6.07, 6.45) is 0. The molecule has 5 aromatic rings. The van der Waals surface area contributed by atoms with Crippen molar-refractivity contribution in [3.8, 4) is 44.5 Å². The molecule has 5 aromatic carbocycles. The maximum atomic E-state index is 6.39. The minimum atomic E-state index is -0.389. The fourth-order valence-electron chi connectivity index (χ4n) is 6.08. The fourth-order valence-corrected chi connectivity index (χ4v) is 6.08. The largest absolute Gasteiger partial charge is 0.469 e. The summed E-state index contributed by atoms with van der Waals surface area (Å²) in [6, 6.07) is 43.3. The smallest absolute Gasteiger partial charge is 0.217 e. The zero-order chi connectivity index (χ0) is 33.9. The molecule has 0 spiro atoms. The van der Waals surface area contributed by atoms with Crippen LogP contribution in [0.2, 0.25) is 0 Å². The predicted molar refractivity (Wildman–Crippen MR) is 200 cm³/mol. The Kier molecular flexibility index (Phi) is 7.47. The Labute approximate surface area is 285 Å². The Morgan fingerprint density at radius 3 is 1.04 bits per heavy atom. The van der Waals surface area contributed by atoms with E-state index >= 15 is 0 Å². The first-order valence-corrected chi connectivity index (χ1v) is 16.8. The van der Waals surface area contributed by atoms with Gasteiger partial charge in [0.1, 0.15) is 11.2 Å². The molecule has 0 bridgehead atoms. The van der Waals surface area contributed by atoms with Crippen molar-refractivity contribution in [1.82, 2.24) is 0 Å². The second-order valence-corrected chi connectivity index (χ2v) is 15.1. The standard InChI is InChI=1S/C44H44N2O2/c1-41(2)43(5,6)47-39(45-41)34-18-12-16-32(24-34)37-26-36(31-22-20-30(21-23-31)29-14-10-9-11-15-29)27-38(28-37)33-17-13-19-35(25-33)40-46-42(3,4)44(7,8)48-40/h9-28H,1-8H3. The highest BCUT2D eigenvalue weighted by Gasteiger charge is 2.46. The highest BCUT2D eigenvalue weighted by molar-refractivity contribution is 5.98. The molecule has 0 N–H and O–H groups in total. The third-order valence-corrected chi connectivity index (χ3v) is 10.6. The first-order chi connectivity index (χ1) is 22.7.